The van der Waals surface area contributed by atoms with Gasteiger partial charge in [0.25, 0.3) is 0 Å². The van der Waals surface area contributed by atoms with Crippen LogP contribution in [0.4, 0.5) is 0 Å². The molecule has 0 heterocycles. The fraction of sp³-hybridized carbons (Fsp3) is 0.739. The Morgan fingerprint density at radius 3 is 0.523 bits per heavy atom. The van der Waals surface area contributed by atoms with Crippen molar-refractivity contribution in [2.75, 3.05) is 26.4 Å². The van der Waals surface area contributed by atoms with Crippen LogP contribution in [-0.2, 0) is 39.2 Å². The van der Waals surface area contributed by atoms with E-state index in [0.29, 0.717) is 25.7 Å². The normalized spacial score (nSPS) is 11.3. The van der Waals surface area contributed by atoms with Crippen molar-refractivity contribution >= 4 is 81.9 Å². The minimum absolute atomic E-state index is 0. The van der Waals surface area contributed by atoms with Crippen LogP contribution in [0.25, 0.3) is 0 Å². The minimum atomic E-state index is -4.82. The number of esters is 4. The number of hydrogen-bond donors (Lipinski definition) is 0. The smallest absolute Gasteiger partial charge is 0.744 e. The van der Waals surface area contributed by atoms with Crippen LogP contribution in [0.5, 0.6) is 0 Å². The molecule has 109 heavy (non-hydrogen) atoms. The van der Waals surface area contributed by atoms with Gasteiger partial charge in [0.1, 0.15) is 20.2 Å². The standard InChI is InChI=1S/2C46H78O7S.Ca/c2*1-3-5-7-9-11-13-15-17-19-21-23-25-27-29-31-33-35-39-52-45(47)43-38-37-42(54(49,50)51)41-44(43)46(48)53-40-36-34-32-30-28-26-24-22-20-18-16-14-12-10-8-6-4-2;/h2*3-4,37-38,41H,1-2,5-36,39-40H2,(H,49,50,51);/q;;+2/p-2. The molecular formula is C92H154CaO14S2. The molecule has 0 aliphatic heterocycles. The van der Waals surface area contributed by atoms with Crippen molar-refractivity contribution in [3.63, 3.8) is 0 Å². The van der Waals surface area contributed by atoms with Crippen molar-refractivity contribution < 1.29 is 64.1 Å². The monoisotopic (exact) mass is 1590 g/mol. The molecule has 620 valence electrons. The Morgan fingerprint density at radius 1 is 0.239 bits per heavy atom. The molecule has 17 heteroatoms. The van der Waals surface area contributed by atoms with Gasteiger partial charge in [-0.05, 0) is 113 Å². The van der Waals surface area contributed by atoms with Crippen molar-refractivity contribution in [2.24, 2.45) is 0 Å². The van der Waals surface area contributed by atoms with Gasteiger partial charge in [0.2, 0.25) is 0 Å². The first kappa shape index (κ1) is 105. The van der Waals surface area contributed by atoms with Crippen LogP contribution in [0.2, 0.25) is 0 Å². The third-order valence-corrected chi connectivity index (χ3v) is 22.2. The van der Waals surface area contributed by atoms with E-state index >= 15 is 0 Å². The first-order chi connectivity index (χ1) is 52.6. The van der Waals surface area contributed by atoms with Crippen molar-refractivity contribution in [1.82, 2.24) is 0 Å². The molecule has 0 amide bonds. The zero-order valence-corrected chi connectivity index (χ0v) is 72.8. The number of benzene rings is 2. The Bertz CT molecular complexity index is 2610. The van der Waals surface area contributed by atoms with Gasteiger partial charge in [-0.15, -0.1) is 26.3 Å². The van der Waals surface area contributed by atoms with Crippen LogP contribution in [0.3, 0.4) is 0 Å². The summed E-state index contributed by atoms with van der Waals surface area (Å²) in [7, 11) is -9.63. The number of rotatable bonds is 78. The second-order valence-electron chi connectivity index (χ2n) is 30.4. The van der Waals surface area contributed by atoms with Crippen molar-refractivity contribution in [3.8, 4) is 0 Å². The zero-order chi connectivity index (χ0) is 78.8. The number of carbonyl (C=O) groups is 4. The van der Waals surface area contributed by atoms with E-state index in [0.717, 1.165) is 127 Å². The fourth-order valence-corrected chi connectivity index (χ4v) is 14.8. The number of ether oxygens (including phenoxy) is 4. The van der Waals surface area contributed by atoms with Crippen LogP contribution < -0.4 is 0 Å². The molecule has 0 saturated heterocycles. The van der Waals surface area contributed by atoms with Gasteiger partial charge in [-0.1, -0.05) is 358 Å². The van der Waals surface area contributed by atoms with E-state index in [1.807, 2.05) is 24.3 Å². The average molecular weight is 1590 g/mol. The molecule has 0 atom stereocenters. The predicted octanol–water partition coefficient (Wildman–Crippen LogP) is 27.1. The number of unbranched alkanes of at least 4 members (excludes halogenated alkanes) is 60. The van der Waals surface area contributed by atoms with Crippen LogP contribution in [0.15, 0.2) is 96.8 Å². The molecular weight excluding hydrogens is 1430 g/mol. The molecule has 0 aromatic heterocycles. The van der Waals surface area contributed by atoms with Gasteiger partial charge in [0.15, 0.2) is 0 Å². The van der Waals surface area contributed by atoms with Crippen molar-refractivity contribution in [3.05, 3.63) is 109 Å². The number of allylic oxidation sites excluding steroid dienone is 4. The predicted molar refractivity (Wildman–Crippen MR) is 452 cm³/mol. The molecule has 14 nitrogen and oxygen atoms in total. The van der Waals surface area contributed by atoms with Gasteiger partial charge in [-0.3, -0.25) is 0 Å². The molecule has 2 aromatic carbocycles. The van der Waals surface area contributed by atoms with Gasteiger partial charge in [-0.25, -0.2) is 36.0 Å². The summed E-state index contributed by atoms with van der Waals surface area (Å²) in [6.07, 6.45) is 85.8. The summed E-state index contributed by atoms with van der Waals surface area (Å²) >= 11 is 0. The molecule has 0 saturated carbocycles. The van der Waals surface area contributed by atoms with E-state index in [4.69, 9.17) is 18.9 Å². The van der Waals surface area contributed by atoms with Crippen LogP contribution in [0.1, 0.15) is 452 Å². The van der Waals surface area contributed by atoms with E-state index in [9.17, 15) is 45.1 Å². The quantitative estimate of drug-likeness (QED) is 0.0150. The molecule has 0 bridgehead atoms. The SMILES string of the molecule is C=CCCCCCCCCCCCCCCCCCOC(=O)c1ccc(S(=O)(=O)[O-])cc1C(=O)OCCCCCCCCCCCCCCCCCC=C.C=CCCCCCCCCCCCCCCCCCOC(=O)c1ccc(S(=O)(=O)[O-])cc1C(=O)OCCCCCCCCCCCCCCCCCC=C.[Ca+2]. The zero-order valence-electron chi connectivity index (χ0n) is 68.9. The second kappa shape index (κ2) is 77.0. The summed E-state index contributed by atoms with van der Waals surface area (Å²) in [5.74, 6) is -3.09. The Balaban J connectivity index is 0.00000212. The maximum atomic E-state index is 12.9. The fourth-order valence-electron chi connectivity index (χ4n) is 13.8. The minimum Gasteiger partial charge on any atom is -0.744 e. The summed E-state index contributed by atoms with van der Waals surface area (Å²) in [5.41, 5.74) is -0.676. The molecule has 0 aliphatic carbocycles. The van der Waals surface area contributed by atoms with E-state index in [1.54, 1.807) is 0 Å². The molecule has 0 fully saturated rings. The summed E-state index contributed by atoms with van der Waals surface area (Å²) in [5, 5.41) is 0. The second-order valence-corrected chi connectivity index (χ2v) is 33.1. The maximum absolute atomic E-state index is 12.9. The van der Waals surface area contributed by atoms with E-state index in [2.05, 4.69) is 26.3 Å². The van der Waals surface area contributed by atoms with E-state index in [1.165, 1.54) is 295 Å². The summed E-state index contributed by atoms with van der Waals surface area (Å²) in [4.78, 5) is 50.5. The van der Waals surface area contributed by atoms with Gasteiger partial charge >= 0.3 is 61.6 Å². The third-order valence-electron chi connectivity index (χ3n) is 20.6. The van der Waals surface area contributed by atoms with Gasteiger partial charge in [0.05, 0.1) is 58.5 Å². The molecule has 0 spiro atoms. The number of carbonyl (C=O) groups excluding carboxylic acids is 4. The molecule has 0 unspecified atom stereocenters. The van der Waals surface area contributed by atoms with Gasteiger partial charge < -0.3 is 28.1 Å². The third kappa shape index (κ3) is 64.3. The first-order valence-electron chi connectivity index (χ1n) is 43.9. The Labute approximate surface area is 696 Å². The van der Waals surface area contributed by atoms with Crippen molar-refractivity contribution in [1.29, 1.82) is 0 Å². The first-order valence-corrected chi connectivity index (χ1v) is 46.8. The molecule has 2 rings (SSSR count). The largest absolute Gasteiger partial charge is 2.00 e. The van der Waals surface area contributed by atoms with E-state index < -0.39 is 53.9 Å². The van der Waals surface area contributed by atoms with Crippen LogP contribution in [-0.4, -0.2) is 114 Å². The molecule has 0 radical (unpaired) electrons. The van der Waals surface area contributed by atoms with E-state index in [-0.39, 0.29) is 86.4 Å². The summed E-state index contributed by atoms with van der Waals surface area (Å²) < 4.78 is 91.6. The summed E-state index contributed by atoms with van der Waals surface area (Å²) in [6, 6.07) is 6.28. The van der Waals surface area contributed by atoms with Crippen LogP contribution in [0, 0.1) is 0 Å². The average Bonchev–Trinajstić information content (AvgIpc) is 0.815. The Hall–Kier alpha value is -3.64. The summed E-state index contributed by atoms with van der Waals surface area (Å²) in [6.45, 7) is 15.8. The molecule has 0 aliphatic rings. The molecule has 0 N–H and O–H groups in total. The van der Waals surface area contributed by atoms with Crippen molar-refractivity contribution in [2.45, 2.75) is 421 Å². The van der Waals surface area contributed by atoms with Gasteiger partial charge in [-0.2, -0.15) is 0 Å². The topological polar surface area (TPSA) is 220 Å². The Kier molecular flexibility index (Phi) is 74.4. The number of hydrogen-bond acceptors (Lipinski definition) is 14. The van der Waals surface area contributed by atoms with Gasteiger partial charge in [0, 0.05) is 0 Å². The molecule has 2 aromatic rings. The maximum Gasteiger partial charge on any atom is 2.00 e. The van der Waals surface area contributed by atoms with Crippen LogP contribution >= 0.6 is 0 Å². The Morgan fingerprint density at radius 2 is 0.376 bits per heavy atom.